The molecule has 6 nitrogen and oxygen atoms in total. The highest BCUT2D eigenvalue weighted by Gasteiger charge is 2.31. The fraction of sp³-hybridized carbons (Fsp3) is 0.421. The average Bonchev–Trinajstić information content (AvgIpc) is 3.33. The Morgan fingerprint density at radius 2 is 2.32 bits per heavy atom. The third-order valence-electron chi connectivity index (χ3n) is 4.96. The number of fused-ring (bicyclic) bond motifs is 1. The van der Waals surface area contributed by atoms with Gasteiger partial charge in [-0.15, -0.1) is 0 Å². The van der Waals surface area contributed by atoms with E-state index in [1.165, 1.54) is 5.56 Å². The summed E-state index contributed by atoms with van der Waals surface area (Å²) in [5.74, 6) is 1.14. The predicted molar refractivity (Wildman–Crippen MR) is 96.0 cm³/mol. The smallest absolute Gasteiger partial charge is 0.223 e. The topological polar surface area (TPSA) is 77.7 Å². The van der Waals surface area contributed by atoms with Crippen LogP contribution in [-0.2, 0) is 11.2 Å². The molecule has 1 fully saturated rings. The van der Waals surface area contributed by atoms with E-state index in [2.05, 4.69) is 34.2 Å². The van der Waals surface area contributed by atoms with Crippen LogP contribution in [0.4, 0.5) is 0 Å². The van der Waals surface area contributed by atoms with E-state index in [0.717, 1.165) is 54.6 Å². The number of hydrogen-bond acceptors (Lipinski definition) is 3. The molecule has 1 amide bonds. The first-order valence-electron chi connectivity index (χ1n) is 8.94. The molecule has 3 aromatic rings. The highest BCUT2D eigenvalue weighted by Crippen LogP contribution is 2.32. The largest absolute Gasteiger partial charge is 0.340 e. The molecular weight excluding hydrogens is 314 g/mol. The zero-order chi connectivity index (χ0) is 17.2. The molecule has 0 bridgehead atoms. The van der Waals surface area contributed by atoms with Gasteiger partial charge in [0.15, 0.2) is 0 Å². The number of rotatable bonds is 5. The monoisotopic (exact) mass is 337 g/mol. The number of benzene rings is 1. The van der Waals surface area contributed by atoms with Gasteiger partial charge in [-0.25, -0.2) is 4.98 Å². The van der Waals surface area contributed by atoms with Crippen molar-refractivity contribution in [2.45, 2.75) is 45.1 Å². The minimum absolute atomic E-state index is 0.0779. The normalized spacial score (nSPS) is 17.5. The fourth-order valence-electron chi connectivity index (χ4n) is 3.65. The summed E-state index contributed by atoms with van der Waals surface area (Å²) in [6.45, 7) is 2.90. The molecule has 2 aromatic heterocycles. The number of hydrogen-bond donors (Lipinski definition) is 2. The van der Waals surface area contributed by atoms with Gasteiger partial charge in [0.05, 0.1) is 23.3 Å². The maximum Gasteiger partial charge on any atom is 0.223 e. The number of amides is 1. The van der Waals surface area contributed by atoms with Crippen molar-refractivity contribution in [2.24, 2.45) is 0 Å². The van der Waals surface area contributed by atoms with Gasteiger partial charge in [-0.05, 0) is 55.9 Å². The lowest BCUT2D eigenvalue weighted by Crippen LogP contribution is -2.30. The molecule has 6 heteroatoms. The van der Waals surface area contributed by atoms with Crippen LogP contribution >= 0.6 is 0 Å². The molecular formula is C19H23N5O. The lowest BCUT2D eigenvalue weighted by molar-refractivity contribution is -0.132. The summed E-state index contributed by atoms with van der Waals surface area (Å²) < 4.78 is 0. The molecule has 1 atom stereocenters. The van der Waals surface area contributed by atoms with Crippen LogP contribution in [0.25, 0.3) is 11.0 Å². The van der Waals surface area contributed by atoms with Gasteiger partial charge in [0.1, 0.15) is 5.82 Å². The van der Waals surface area contributed by atoms with Crippen LogP contribution in [0.2, 0.25) is 0 Å². The van der Waals surface area contributed by atoms with Crippen molar-refractivity contribution in [2.75, 3.05) is 6.54 Å². The summed E-state index contributed by atoms with van der Waals surface area (Å²) in [5, 5.41) is 6.75. The molecule has 2 N–H and O–H groups in total. The maximum atomic E-state index is 12.7. The number of nitrogens with one attached hydrogen (secondary N) is 2. The van der Waals surface area contributed by atoms with Crippen LogP contribution in [0.5, 0.6) is 0 Å². The van der Waals surface area contributed by atoms with E-state index in [4.69, 9.17) is 4.98 Å². The van der Waals surface area contributed by atoms with E-state index >= 15 is 0 Å². The molecule has 3 heterocycles. The Morgan fingerprint density at radius 1 is 1.40 bits per heavy atom. The maximum absolute atomic E-state index is 12.7. The van der Waals surface area contributed by atoms with Gasteiger partial charge in [0, 0.05) is 19.2 Å². The van der Waals surface area contributed by atoms with E-state index in [9.17, 15) is 4.79 Å². The summed E-state index contributed by atoms with van der Waals surface area (Å²) in [6, 6.07) is 6.30. The third kappa shape index (κ3) is 3.29. The van der Waals surface area contributed by atoms with Crippen molar-refractivity contribution in [1.82, 2.24) is 25.1 Å². The summed E-state index contributed by atoms with van der Waals surface area (Å²) in [6.07, 6.45) is 8.02. The molecule has 0 saturated carbocycles. The number of carbonyl (C=O) groups excluding carboxylic acids is 1. The van der Waals surface area contributed by atoms with Crippen molar-refractivity contribution in [3.05, 3.63) is 47.5 Å². The van der Waals surface area contributed by atoms with Gasteiger partial charge >= 0.3 is 0 Å². The SMILES string of the molecule is Cc1ccc2nc([C@H]3CCCN3C(=O)CCCc3cn[nH]c3)[nH]c2c1. The zero-order valence-corrected chi connectivity index (χ0v) is 14.5. The van der Waals surface area contributed by atoms with Crippen LogP contribution in [-0.4, -0.2) is 37.5 Å². The Balaban J connectivity index is 1.44. The van der Waals surface area contributed by atoms with Gasteiger partial charge in [-0.1, -0.05) is 6.07 Å². The highest BCUT2D eigenvalue weighted by molar-refractivity contribution is 5.78. The van der Waals surface area contributed by atoms with E-state index in [0.29, 0.717) is 6.42 Å². The van der Waals surface area contributed by atoms with Gasteiger partial charge in [0.2, 0.25) is 5.91 Å². The molecule has 130 valence electrons. The van der Waals surface area contributed by atoms with Gasteiger partial charge in [-0.3, -0.25) is 9.89 Å². The van der Waals surface area contributed by atoms with E-state index in [1.54, 1.807) is 0 Å². The molecule has 1 aliphatic rings. The number of aromatic nitrogens is 4. The number of aromatic amines is 2. The van der Waals surface area contributed by atoms with Crippen molar-refractivity contribution in [3.63, 3.8) is 0 Å². The summed E-state index contributed by atoms with van der Waals surface area (Å²) >= 11 is 0. The van der Waals surface area contributed by atoms with Crippen LogP contribution in [0, 0.1) is 6.92 Å². The molecule has 0 aliphatic carbocycles. The second-order valence-electron chi connectivity index (χ2n) is 6.85. The number of carbonyl (C=O) groups is 1. The Labute approximate surface area is 146 Å². The van der Waals surface area contributed by atoms with Crippen LogP contribution in [0.15, 0.2) is 30.6 Å². The number of nitrogens with zero attached hydrogens (tertiary/aromatic N) is 3. The fourth-order valence-corrected chi connectivity index (χ4v) is 3.65. The first-order valence-corrected chi connectivity index (χ1v) is 8.94. The summed E-state index contributed by atoms with van der Waals surface area (Å²) in [5.41, 5.74) is 4.38. The lowest BCUT2D eigenvalue weighted by Gasteiger charge is -2.23. The first-order chi connectivity index (χ1) is 12.2. The summed E-state index contributed by atoms with van der Waals surface area (Å²) in [7, 11) is 0. The quantitative estimate of drug-likeness (QED) is 0.750. The molecule has 25 heavy (non-hydrogen) atoms. The molecule has 0 unspecified atom stereocenters. The number of likely N-dealkylation sites (tertiary alicyclic amines) is 1. The predicted octanol–water partition coefficient (Wildman–Crippen LogP) is 3.28. The number of aryl methyl sites for hydroxylation is 2. The Bertz CT molecular complexity index is 867. The third-order valence-corrected chi connectivity index (χ3v) is 4.96. The molecule has 1 aromatic carbocycles. The lowest BCUT2D eigenvalue weighted by atomic mass is 10.1. The Morgan fingerprint density at radius 3 is 3.16 bits per heavy atom. The highest BCUT2D eigenvalue weighted by atomic mass is 16.2. The van der Waals surface area contributed by atoms with Crippen molar-refractivity contribution in [1.29, 1.82) is 0 Å². The van der Waals surface area contributed by atoms with Gasteiger partial charge in [0.25, 0.3) is 0 Å². The zero-order valence-electron chi connectivity index (χ0n) is 14.5. The standard InChI is InChI=1S/C19H23N5O/c1-13-7-8-15-16(10-13)23-19(22-15)17-5-3-9-24(17)18(25)6-2-4-14-11-20-21-12-14/h7-8,10-12,17H,2-6,9H2,1H3,(H,20,21)(H,22,23)/t17-/m1/s1. The van der Waals surface area contributed by atoms with Crippen LogP contribution < -0.4 is 0 Å². The molecule has 1 saturated heterocycles. The number of imidazole rings is 1. The Kier molecular flexibility index (Phi) is 4.26. The second-order valence-corrected chi connectivity index (χ2v) is 6.85. The summed E-state index contributed by atoms with van der Waals surface area (Å²) in [4.78, 5) is 22.8. The van der Waals surface area contributed by atoms with Crippen molar-refractivity contribution >= 4 is 16.9 Å². The first kappa shape index (κ1) is 15.9. The van der Waals surface area contributed by atoms with Gasteiger partial charge < -0.3 is 9.88 Å². The van der Waals surface area contributed by atoms with Gasteiger partial charge in [-0.2, -0.15) is 5.10 Å². The second kappa shape index (κ2) is 6.70. The molecule has 0 spiro atoms. The van der Waals surface area contributed by atoms with E-state index in [1.807, 2.05) is 23.4 Å². The van der Waals surface area contributed by atoms with Crippen LogP contribution in [0.3, 0.4) is 0 Å². The Hall–Kier alpha value is -2.63. The van der Waals surface area contributed by atoms with E-state index < -0.39 is 0 Å². The number of H-pyrrole nitrogens is 2. The van der Waals surface area contributed by atoms with Crippen LogP contribution in [0.1, 0.15) is 48.7 Å². The minimum atomic E-state index is 0.0779. The molecule has 0 radical (unpaired) electrons. The molecule has 1 aliphatic heterocycles. The van der Waals surface area contributed by atoms with Crippen molar-refractivity contribution in [3.8, 4) is 0 Å². The van der Waals surface area contributed by atoms with E-state index in [-0.39, 0.29) is 11.9 Å². The average molecular weight is 337 g/mol. The minimum Gasteiger partial charge on any atom is -0.340 e. The molecule has 4 rings (SSSR count). The van der Waals surface area contributed by atoms with Crippen molar-refractivity contribution < 1.29 is 4.79 Å².